The predicted octanol–water partition coefficient (Wildman–Crippen LogP) is 11.3. The number of rotatable bonds is 5. The molecule has 2 heterocycles. The second kappa shape index (κ2) is 11.2. The van der Waals surface area contributed by atoms with Crippen molar-refractivity contribution in [2.24, 2.45) is 0 Å². The molecule has 9 rings (SSSR count). The second-order valence-electron chi connectivity index (χ2n) is 11.6. The minimum atomic E-state index is 0.635. The third-order valence-corrected chi connectivity index (χ3v) is 8.78. The van der Waals surface area contributed by atoms with E-state index in [2.05, 4.69) is 109 Å². The lowest BCUT2D eigenvalue weighted by atomic mass is 9.92. The van der Waals surface area contributed by atoms with Crippen LogP contribution in [0.1, 0.15) is 0 Å². The molecule has 0 fully saturated rings. The lowest BCUT2D eigenvalue weighted by Gasteiger charge is -2.14. The van der Waals surface area contributed by atoms with Crippen LogP contribution in [0.3, 0.4) is 0 Å². The van der Waals surface area contributed by atoms with Crippen molar-refractivity contribution in [3.05, 3.63) is 164 Å². The quantitative estimate of drug-likeness (QED) is 0.197. The summed E-state index contributed by atoms with van der Waals surface area (Å²) in [5, 5.41) is 4.43. The highest BCUT2D eigenvalue weighted by atomic mass is 16.3. The van der Waals surface area contributed by atoms with Gasteiger partial charge in [-0.25, -0.2) is 15.0 Å². The molecule has 4 nitrogen and oxygen atoms in total. The monoisotopic (exact) mass is 601 g/mol. The molecule has 2 aromatic heterocycles. The molecule has 0 aliphatic carbocycles. The summed E-state index contributed by atoms with van der Waals surface area (Å²) < 4.78 is 6.24. The number of hydrogen-bond acceptors (Lipinski definition) is 4. The SMILES string of the molecule is c1ccc(-c2ccc(-c3nc(-c4ccccc4)nc(-c4ccc(-c5cccc6oc7ccccc7c56)c5ccccc45)n3)cc2)cc1. The maximum atomic E-state index is 6.24. The average Bonchev–Trinajstić information content (AvgIpc) is 3.54. The molecule has 0 radical (unpaired) electrons. The Balaban J connectivity index is 1.23. The highest BCUT2D eigenvalue weighted by Gasteiger charge is 2.18. The molecule has 0 aliphatic rings. The van der Waals surface area contributed by atoms with Gasteiger partial charge >= 0.3 is 0 Å². The molecular formula is C43H27N3O. The van der Waals surface area contributed by atoms with E-state index in [1.807, 2.05) is 54.6 Å². The van der Waals surface area contributed by atoms with Crippen molar-refractivity contribution >= 4 is 32.7 Å². The Hall–Kier alpha value is -6.39. The normalized spacial score (nSPS) is 11.4. The molecule has 0 N–H and O–H groups in total. The molecular weight excluding hydrogens is 574 g/mol. The number of para-hydroxylation sites is 1. The summed E-state index contributed by atoms with van der Waals surface area (Å²) in [5.74, 6) is 1.91. The topological polar surface area (TPSA) is 51.8 Å². The van der Waals surface area contributed by atoms with Gasteiger partial charge in [0.05, 0.1) is 0 Å². The summed E-state index contributed by atoms with van der Waals surface area (Å²) in [5.41, 5.74) is 9.19. The van der Waals surface area contributed by atoms with E-state index in [1.165, 1.54) is 5.56 Å². The number of benzene rings is 7. The van der Waals surface area contributed by atoms with E-state index < -0.39 is 0 Å². The van der Waals surface area contributed by atoms with Crippen LogP contribution in [0.15, 0.2) is 168 Å². The first-order valence-electron chi connectivity index (χ1n) is 15.7. The van der Waals surface area contributed by atoms with Crippen molar-refractivity contribution in [3.63, 3.8) is 0 Å². The van der Waals surface area contributed by atoms with Crippen molar-refractivity contribution in [1.29, 1.82) is 0 Å². The fourth-order valence-electron chi connectivity index (χ4n) is 6.51. The van der Waals surface area contributed by atoms with E-state index in [-0.39, 0.29) is 0 Å². The van der Waals surface area contributed by atoms with Crippen LogP contribution in [-0.2, 0) is 0 Å². The molecule has 0 atom stereocenters. The Morgan fingerprint density at radius 1 is 0.298 bits per heavy atom. The van der Waals surface area contributed by atoms with E-state index in [0.717, 1.165) is 66.1 Å². The molecule has 0 spiro atoms. The highest BCUT2D eigenvalue weighted by Crippen LogP contribution is 2.41. The first-order valence-corrected chi connectivity index (χ1v) is 15.7. The van der Waals surface area contributed by atoms with Crippen molar-refractivity contribution in [1.82, 2.24) is 15.0 Å². The molecule has 0 bridgehead atoms. The van der Waals surface area contributed by atoms with Crippen LogP contribution in [0.5, 0.6) is 0 Å². The Bertz CT molecular complexity index is 2550. The smallest absolute Gasteiger partial charge is 0.164 e. The van der Waals surface area contributed by atoms with E-state index >= 15 is 0 Å². The summed E-state index contributed by atoms with van der Waals surface area (Å²) >= 11 is 0. The Kier molecular flexibility index (Phi) is 6.43. The van der Waals surface area contributed by atoms with Crippen molar-refractivity contribution < 1.29 is 4.42 Å². The van der Waals surface area contributed by atoms with Gasteiger partial charge in [-0.2, -0.15) is 0 Å². The van der Waals surface area contributed by atoms with Crippen LogP contribution in [-0.4, -0.2) is 15.0 Å². The van der Waals surface area contributed by atoms with E-state index in [9.17, 15) is 0 Å². The summed E-state index contributed by atoms with van der Waals surface area (Å²) in [4.78, 5) is 15.1. The van der Waals surface area contributed by atoms with Crippen LogP contribution in [0.2, 0.25) is 0 Å². The number of hydrogen-bond donors (Lipinski definition) is 0. The predicted molar refractivity (Wildman–Crippen MR) is 192 cm³/mol. The maximum Gasteiger partial charge on any atom is 0.164 e. The highest BCUT2D eigenvalue weighted by molar-refractivity contribution is 6.16. The molecule has 0 saturated carbocycles. The molecule has 0 amide bonds. The second-order valence-corrected chi connectivity index (χ2v) is 11.6. The van der Waals surface area contributed by atoms with Crippen molar-refractivity contribution in [3.8, 4) is 56.4 Å². The molecule has 4 heteroatoms. The van der Waals surface area contributed by atoms with Gasteiger partial charge in [-0.3, -0.25) is 0 Å². The van der Waals surface area contributed by atoms with Gasteiger partial charge in [0.1, 0.15) is 11.2 Å². The van der Waals surface area contributed by atoms with Gasteiger partial charge in [-0.1, -0.05) is 146 Å². The van der Waals surface area contributed by atoms with Gasteiger partial charge in [0.2, 0.25) is 0 Å². The fourth-order valence-corrected chi connectivity index (χ4v) is 6.51. The zero-order valence-electron chi connectivity index (χ0n) is 25.3. The Morgan fingerprint density at radius 3 is 1.51 bits per heavy atom. The Morgan fingerprint density at radius 2 is 0.787 bits per heavy atom. The summed E-state index contributed by atoms with van der Waals surface area (Å²) in [7, 11) is 0. The molecule has 9 aromatic rings. The molecule has 220 valence electrons. The van der Waals surface area contributed by atoms with Gasteiger partial charge in [0.15, 0.2) is 17.5 Å². The minimum absolute atomic E-state index is 0.635. The van der Waals surface area contributed by atoms with Crippen LogP contribution in [0.25, 0.3) is 89.1 Å². The maximum absolute atomic E-state index is 6.24. The van der Waals surface area contributed by atoms with Crippen LogP contribution in [0.4, 0.5) is 0 Å². The van der Waals surface area contributed by atoms with Gasteiger partial charge in [-0.05, 0) is 51.2 Å². The van der Waals surface area contributed by atoms with E-state index in [4.69, 9.17) is 19.4 Å². The first-order chi connectivity index (χ1) is 23.3. The molecule has 0 aliphatic heterocycles. The number of fused-ring (bicyclic) bond motifs is 4. The fraction of sp³-hybridized carbons (Fsp3) is 0. The first kappa shape index (κ1) is 27.0. The lowest BCUT2D eigenvalue weighted by Crippen LogP contribution is -2.00. The van der Waals surface area contributed by atoms with Crippen LogP contribution < -0.4 is 0 Å². The zero-order valence-corrected chi connectivity index (χ0v) is 25.3. The van der Waals surface area contributed by atoms with Crippen LogP contribution in [0, 0.1) is 0 Å². The number of nitrogens with zero attached hydrogens (tertiary/aromatic N) is 3. The Labute approximate surface area is 271 Å². The largest absolute Gasteiger partial charge is 0.456 e. The van der Waals surface area contributed by atoms with Gasteiger partial charge in [-0.15, -0.1) is 0 Å². The van der Waals surface area contributed by atoms with Crippen molar-refractivity contribution in [2.75, 3.05) is 0 Å². The third-order valence-electron chi connectivity index (χ3n) is 8.78. The number of furan rings is 1. The molecule has 0 saturated heterocycles. The third kappa shape index (κ3) is 4.75. The number of aromatic nitrogens is 3. The van der Waals surface area contributed by atoms with Gasteiger partial charge in [0.25, 0.3) is 0 Å². The van der Waals surface area contributed by atoms with Gasteiger partial charge in [0, 0.05) is 27.5 Å². The van der Waals surface area contributed by atoms with Crippen molar-refractivity contribution in [2.45, 2.75) is 0 Å². The summed E-state index contributed by atoms with van der Waals surface area (Å²) in [6.07, 6.45) is 0. The molecule has 0 unspecified atom stereocenters. The zero-order chi connectivity index (χ0) is 31.2. The average molecular weight is 602 g/mol. The van der Waals surface area contributed by atoms with Crippen LogP contribution >= 0.6 is 0 Å². The van der Waals surface area contributed by atoms with Gasteiger partial charge < -0.3 is 4.42 Å². The minimum Gasteiger partial charge on any atom is -0.456 e. The summed E-state index contributed by atoms with van der Waals surface area (Å²) in [6, 6.07) is 56.3. The van der Waals surface area contributed by atoms with E-state index in [0.29, 0.717) is 17.5 Å². The molecule has 47 heavy (non-hydrogen) atoms. The lowest BCUT2D eigenvalue weighted by molar-refractivity contribution is 0.669. The molecule has 7 aromatic carbocycles. The standard InChI is InChI=1S/C43H27N3O/c1-3-12-28(13-4-1)29-22-24-31(25-23-29)42-44-41(30-14-5-2-6-15-30)45-43(46-42)36-27-26-34(32-16-7-8-17-33(32)36)35-19-11-21-39-40(35)37-18-9-10-20-38(37)47-39/h1-27H. The van der Waals surface area contributed by atoms with E-state index in [1.54, 1.807) is 0 Å². The summed E-state index contributed by atoms with van der Waals surface area (Å²) in [6.45, 7) is 0.